The minimum Gasteiger partial charge on any atom is -0.491 e. The van der Waals surface area contributed by atoms with Gasteiger partial charge in [0, 0.05) is 7.11 Å². The van der Waals surface area contributed by atoms with E-state index in [1.807, 2.05) is 13.2 Å². The fourth-order valence-corrected chi connectivity index (χ4v) is 3.09. The molecule has 0 spiro atoms. The number of methoxy groups -OCH3 is 1. The van der Waals surface area contributed by atoms with Crippen molar-refractivity contribution in [1.29, 1.82) is 0 Å². The summed E-state index contributed by atoms with van der Waals surface area (Å²) in [6, 6.07) is 8.37. The normalized spacial score (nSPS) is 18.2. The third-order valence-electron chi connectivity index (χ3n) is 4.52. The number of nitrogens with two attached hydrogens (primary N) is 1. The highest BCUT2D eigenvalue weighted by atomic mass is 16.5. The van der Waals surface area contributed by atoms with Gasteiger partial charge in [-0.1, -0.05) is 37.8 Å². The molecule has 1 fully saturated rings. The second-order valence-corrected chi connectivity index (χ2v) is 6.13. The number of ether oxygens (including phenoxy) is 2. The predicted octanol–water partition coefficient (Wildman–Crippen LogP) is 3.70. The Kier molecular flexibility index (Phi) is 6.52. The molecule has 2 rings (SSSR count). The largest absolute Gasteiger partial charge is 0.491 e. The lowest BCUT2D eigenvalue weighted by molar-refractivity contribution is -0.0547. The molecule has 0 heterocycles. The lowest BCUT2D eigenvalue weighted by Crippen LogP contribution is -2.37. The molecular formula is C18H29NO2. The van der Waals surface area contributed by atoms with Crippen molar-refractivity contribution in [2.75, 3.05) is 20.3 Å². The summed E-state index contributed by atoms with van der Waals surface area (Å²) in [5.74, 6) is 0.949. The van der Waals surface area contributed by atoms with Crippen LogP contribution in [-0.2, 0) is 11.2 Å². The molecule has 1 aliphatic rings. The summed E-state index contributed by atoms with van der Waals surface area (Å²) in [7, 11) is 1.83. The van der Waals surface area contributed by atoms with E-state index in [2.05, 4.69) is 18.2 Å². The Morgan fingerprint density at radius 2 is 1.90 bits per heavy atom. The topological polar surface area (TPSA) is 44.5 Å². The van der Waals surface area contributed by atoms with Crippen LogP contribution in [0.5, 0.6) is 5.75 Å². The van der Waals surface area contributed by atoms with Crippen LogP contribution in [0.25, 0.3) is 0 Å². The quantitative estimate of drug-likeness (QED) is 0.779. The Bertz CT molecular complexity index is 411. The molecule has 118 valence electrons. The van der Waals surface area contributed by atoms with Crippen LogP contribution in [0.2, 0.25) is 0 Å². The van der Waals surface area contributed by atoms with Gasteiger partial charge in [0.1, 0.15) is 18.0 Å². The van der Waals surface area contributed by atoms with Crippen molar-refractivity contribution < 1.29 is 9.47 Å². The van der Waals surface area contributed by atoms with Crippen molar-refractivity contribution >= 4 is 0 Å². The van der Waals surface area contributed by atoms with E-state index in [1.54, 1.807) is 0 Å². The monoisotopic (exact) mass is 291 g/mol. The van der Waals surface area contributed by atoms with Crippen LogP contribution in [0.3, 0.4) is 0 Å². The minimum absolute atomic E-state index is 0.0935. The Labute approximate surface area is 128 Å². The van der Waals surface area contributed by atoms with E-state index in [4.69, 9.17) is 15.2 Å². The van der Waals surface area contributed by atoms with Crippen LogP contribution in [0, 0.1) is 0 Å². The maximum absolute atomic E-state index is 6.06. The van der Waals surface area contributed by atoms with Gasteiger partial charge >= 0.3 is 0 Å². The average Bonchev–Trinajstić information content (AvgIpc) is 2.78. The zero-order valence-electron chi connectivity index (χ0n) is 13.3. The van der Waals surface area contributed by atoms with Crippen LogP contribution in [0.4, 0.5) is 0 Å². The Hall–Kier alpha value is -1.06. The maximum atomic E-state index is 6.06. The number of hydrogen-bond donors (Lipinski definition) is 1. The van der Waals surface area contributed by atoms with Crippen LogP contribution < -0.4 is 10.5 Å². The van der Waals surface area contributed by atoms with Gasteiger partial charge in [-0.2, -0.15) is 0 Å². The van der Waals surface area contributed by atoms with Crippen LogP contribution in [0.1, 0.15) is 50.5 Å². The van der Waals surface area contributed by atoms with Gasteiger partial charge in [-0.05, 0) is 49.9 Å². The van der Waals surface area contributed by atoms with E-state index in [1.165, 1.54) is 31.2 Å². The van der Waals surface area contributed by atoms with Gasteiger partial charge in [0.2, 0.25) is 0 Å². The molecule has 3 nitrogen and oxygen atoms in total. The number of aryl methyl sites for hydroxylation is 1. The van der Waals surface area contributed by atoms with Crippen molar-refractivity contribution in [3.63, 3.8) is 0 Å². The molecule has 0 radical (unpaired) electrons. The molecular weight excluding hydrogens is 262 g/mol. The maximum Gasteiger partial charge on any atom is 0.119 e. The summed E-state index contributed by atoms with van der Waals surface area (Å²) >= 11 is 0. The van der Waals surface area contributed by atoms with Gasteiger partial charge in [-0.3, -0.25) is 0 Å². The lowest BCUT2D eigenvalue weighted by Gasteiger charge is -2.31. The summed E-state index contributed by atoms with van der Waals surface area (Å²) in [4.78, 5) is 0. The molecule has 21 heavy (non-hydrogen) atoms. The average molecular weight is 291 g/mol. The first-order chi connectivity index (χ1) is 10.3. The van der Waals surface area contributed by atoms with Gasteiger partial charge in [-0.15, -0.1) is 0 Å². The van der Waals surface area contributed by atoms with Crippen molar-refractivity contribution in [2.45, 2.75) is 57.0 Å². The summed E-state index contributed by atoms with van der Waals surface area (Å²) < 4.78 is 11.9. The molecule has 3 heteroatoms. The van der Waals surface area contributed by atoms with E-state index in [0.29, 0.717) is 6.61 Å². The molecule has 1 aliphatic carbocycles. The van der Waals surface area contributed by atoms with E-state index < -0.39 is 0 Å². The van der Waals surface area contributed by atoms with Gasteiger partial charge < -0.3 is 15.2 Å². The molecule has 1 saturated carbocycles. The van der Waals surface area contributed by atoms with Gasteiger partial charge in [0.05, 0.1) is 0 Å². The molecule has 0 bridgehead atoms. The first-order valence-corrected chi connectivity index (χ1v) is 8.25. The lowest BCUT2D eigenvalue weighted by atomic mass is 9.95. The number of rotatable bonds is 7. The van der Waals surface area contributed by atoms with E-state index in [-0.39, 0.29) is 5.60 Å². The molecule has 0 aromatic heterocycles. The standard InChI is InChI=1S/C18H29NO2/c1-20-18(11-4-2-3-5-12-18)15-21-17-10-6-8-16(14-17)9-7-13-19/h6,8,10,14H,2-5,7,9,11-13,15,19H2,1H3. The minimum atomic E-state index is -0.0935. The molecule has 0 amide bonds. The third-order valence-corrected chi connectivity index (χ3v) is 4.52. The molecule has 0 saturated heterocycles. The second-order valence-electron chi connectivity index (χ2n) is 6.13. The van der Waals surface area contributed by atoms with Crippen molar-refractivity contribution in [2.24, 2.45) is 5.73 Å². The Morgan fingerprint density at radius 3 is 2.57 bits per heavy atom. The highest BCUT2D eigenvalue weighted by Gasteiger charge is 2.31. The van der Waals surface area contributed by atoms with Gasteiger partial charge in [0.15, 0.2) is 0 Å². The van der Waals surface area contributed by atoms with E-state index in [0.717, 1.165) is 38.0 Å². The van der Waals surface area contributed by atoms with Crippen LogP contribution in [0.15, 0.2) is 24.3 Å². The van der Waals surface area contributed by atoms with Gasteiger partial charge in [-0.25, -0.2) is 0 Å². The first kappa shape index (κ1) is 16.3. The number of benzene rings is 1. The fourth-order valence-electron chi connectivity index (χ4n) is 3.09. The Morgan fingerprint density at radius 1 is 1.14 bits per heavy atom. The summed E-state index contributed by atoms with van der Waals surface area (Å²) in [5.41, 5.74) is 6.78. The Balaban J connectivity index is 1.94. The number of hydrogen-bond acceptors (Lipinski definition) is 3. The first-order valence-electron chi connectivity index (χ1n) is 8.25. The van der Waals surface area contributed by atoms with Crippen molar-refractivity contribution in [3.8, 4) is 5.75 Å². The molecule has 1 aromatic rings. The van der Waals surface area contributed by atoms with E-state index in [9.17, 15) is 0 Å². The SMILES string of the molecule is COC1(COc2cccc(CCCN)c2)CCCCCC1. The predicted molar refractivity (Wildman–Crippen MR) is 86.8 cm³/mol. The molecule has 0 aliphatic heterocycles. The second kappa shape index (κ2) is 8.40. The molecule has 0 unspecified atom stereocenters. The van der Waals surface area contributed by atoms with Crippen LogP contribution in [-0.4, -0.2) is 25.9 Å². The summed E-state index contributed by atoms with van der Waals surface area (Å²) in [5, 5.41) is 0. The van der Waals surface area contributed by atoms with Crippen LogP contribution >= 0.6 is 0 Å². The van der Waals surface area contributed by atoms with Gasteiger partial charge in [0.25, 0.3) is 0 Å². The zero-order chi connectivity index (χ0) is 15.0. The smallest absolute Gasteiger partial charge is 0.119 e. The van der Waals surface area contributed by atoms with Crippen molar-refractivity contribution in [1.82, 2.24) is 0 Å². The zero-order valence-corrected chi connectivity index (χ0v) is 13.3. The molecule has 2 N–H and O–H groups in total. The van der Waals surface area contributed by atoms with E-state index >= 15 is 0 Å². The van der Waals surface area contributed by atoms with Crippen molar-refractivity contribution in [3.05, 3.63) is 29.8 Å². The molecule has 1 aromatic carbocycles. The molecule has 0 atom stereocenters. The third kappa shape index (κ3) is 5.01. The summed E-state index contributed by atoms with van der Waals surface area (Å²) in [6.07, 6.45) is 9.38. The highest BCUT2D eigenvalue weighted by Crippen LogP contribution is 2.31. The highest BCUT2D eigenvalue weighted by molar-refractivity contribution is 5.28. The fraction of sp³-hybridized carbons (Fsp3) is 0.667. The summed E-state index contributed by atoms with van der Waals surface area (Å²) in [6.45, 7) is 1.39.